The molecule has 1 aliphatic rings. The molecule has 3 rings (SSSR count). The van der Waals surface area contributed by atoms with E-state index in [0.717, 1.165) is 11.5 Å². The first kappa shape index (κ1) is 13.3. The second-order valence-corrected chi connectivity index (χ2v) is 4.83. The summed E-state index contributed by atoms with van der Waals surface area (Å²) in [5.74, 6) is 0.165. The number of carbonyl (C=O) groups is 2. The molecule has 0 saturated carbocycles. The van der Waals surface area contributed by atoms with Crippen molar-refractivity contribution >= 4 is 23.3 Å². The van der Waals surface area contributed by atoms with E-state index in [-0.39, 0.29) is 0 Å². The standard InChI is InChI=1S/C12H10N4O4S/c17-11(14-15-12(18)10-6-13-16-21-10)7-1-2-8-9(5-7)20-4-3-19-8/h1-2,5-6H,3-4H2,(H,14,17)(H,15,18). The Labute approximate surface area is 123 Å². The van der Waals surface area contributed by atoms with Gasteiger partial charge in [-0.15, -0.1) is 5.10 Å². The maximum absolute atomic E-state index is 12.0. The van der Waals surface area contributed by atoms with Crippen molar-refractivity contribution in [2.45, 2.75) is 0 Å². The first-order chi connectivity index (χ1) is 10.2. The van der Waals surface area contributed by atoms with E-state index >= 15 is 0 Å². The van der Waals surface area contributed by atoms with Crippen LogP contribution in [0.5, 0.6) is 11.5 Å². The van der Waals surface area contributed by atoms with E-state index < -0.39 is 11.8 Å². The summed E-state index contributed by atoms with van der Waals surface area (Å²) in [7, 11) is 0. The molecule has 2 aromatic rings. The largest absolute Gasteiger partial charge is 0.486 e. The van der Waals surface area contributed by atoms with E-state index in [1.54, 1.807) is 18.2 Å². The summed E-state index contributed by atoms with van der Waals surface area (Å²) in [6, 6.07) is 4.80. The highest BCUT2D eigenvalue weighted by atomic mass is 32.1. The lowest BCUT2D eigenvalue weighted by molar-refractivity contribution is 0.0848. The molecule has 1 aromatic heterocycles. The highest BCUT2D eigenvalue weighted by Gasteiger charge is 2.16. The van der Waals surface area contributed by atoms with E-state index in [0.29, 0.717) is 35.2 Å². The van der Waals surface area contributed by atoms with Crippen molar-refractivity contribution in [1.29, 1.82) is 0 Å². The smallest absolute Gasteiger partial charge is 0.283 e. The Morgan fingerprint density at radius 1 is 1.10 bits per heavy atom. The Hall–Kier alpha value is -2.68. The van der Waals surface area contributed by atoms with Crippen LogP contribution < -0.4 is 20.3 Å². The summed E-state index contributed by atoms with van der Waals surface area (Å²) in [5.41, 5.74) is 4.94. The molecule has 0 bridgehead atoms. The fourth-order valence-electron chi connectivity index (χ4n) is 1.70. The molecule has 0 spiro atoms. The number of ether oxygens (including phenoxy) is 2. The van der Waals surface area contributed by atoms with Crippen LogP contribution in [0.15, 0.2) is 24.4 Å². The van der Waals surface area contributed by atoms with Gasteiger partial charge in [0.1, 0.15) is 18.1 Å². The van der Waals surface area contributed by atoms with E-state index in [1.807, 2.05) is 0 Å². The molecule has 0 saturated heterocycles. The van der Waals surface area contributed by atoms with Gasteiger partial charge in [0, 0.05) is 5.56 Å². The van der Waals surface area contributed by atoms with E-state index in [4.69, 9.17) is 9.47 Å². The van der Waals surface area contributed by atoms with Crippen LogP contribution in [-0.4, -0.2) is 34.6 Å². The molecule has 21 heavy (non-hydrogen) atoms. The van der Waals surface area contributed by atoms with Gasteiger partial charge in [0.05, 0.1) is 6.20 Å². The van der Waals surface area contributed by atoms with Gasteiger partial charge in [-0.05, 0) is 29.7 Å². The number of nitrogens with one attached hydrogen (secondary N) is 2. The van der Waals surface area contributed by atoms with Gasteiger partial charge in [-0.1, -0.05) is 4.49 Å². The molecule has 0 aliphatic carbocycles. The molecule has 0 unspecified atom stereocenters. The van der Waals surface area contributed by atoms with Gasteiger partial charge < -0.3 is 9.47 Å². The molecule has 2 N–H and O–H groups in total. The van der Waals surface area contributed by atoms with Crippen molar-refractivity contribution in [3.63, 3.8) is 0 Å². The SMILES string of the molecule is O=C(NNC(=O)c1cnns1)c1ccc2c(c1)OCCO2. The monoisotopic (exact) mass is 306 g/mol. The van der Waals surface area contributed by atoms with E-state index in [1.165, 1.54) is 6.20 Å². The highest BCUT2D eigenvalue weighted by molar-refractivity contribution is 7.07. The molecular formula is C12H10N4O4S. The van der Waals surface area contributed by atoms with Crippen molar-refractivity contribution in [3.05, 3.63) is 34.8 Å². The summed E-state index contributed by atoms with van der Waals surface area (Å²) in [6.45, 7) is 0.921. The highest BCUT2D eigenvalue weighted by Crippen LogP contribution is 2.30. The zero-order chi connectivity index (χ0) is 14.7. The average Bonchev–Trinajstić information content (AvgIpc) is 3.06. The summed E-state index contributed by atoms with van der Waals surface area (Å²) in [6.07, 6.45) is 1.32. The topological polar surface area (TPSA) is 102 Å². The Morgan fingerprint density at radius 2 is 1.86 bits per heavy atom. The van der Waals surface area contributed by atoms with Crippen molar-refractivity contribution in [2.24, 2.45) is 0 Å². The molecule has 108 valence electrons. The number of nitrogens with zero attached hydrogens (tertiary/aromatic N) is 2. The number of carbonyl (C=O) groups excluding carboxylic acids is 2. The van der Waals surface area contributed by atoms with Crippen LogP contribution in [-0.2, 0) is 0 Å². The number of hydrogen-bond acceptors (Lipinski definition) is 7. The third-order valence-corrected chi connectivity index (χ3v) is 3.34. The molecule has 2 amide bonds. The second-order valence-electron chi connectivity index (χ2n) is 4.05. The predicted octanol–water partition coefficient (Wildman–Crippen LogP) is 0.384. The van der Waals surface area contributed by atoms with E-state index in [2.05, 4.69) is 20.4 Å². The number of hydrogen-bond donors (Lipinski definition) is 2. The molecule has 0 fully saturated rings. The zero-order valence-corrected chi connectivity index (χ0v) is 11.5. The minimum absolute atomic E-state index is 0.303. The van der Waals surface area contributed by atoms with Gasteiger partial charge in [-0.3, -0.25) is 20.4 Å². The number of aromatic nitrogens is 2. The maximum atomic E-state index is 12.0. The van der Waals surface area contributed by atoms with Crippen LogP contribution in [0, 0.1) is 0 Å². The maximum Gasteiger partial charge on any atom is 0.283 e. The number of fused-ring (bicyclic) bond motifs is 1. The summed E-state index contributed by atoms with van der Waals surface area (Å²) in [5, 5.41) is 3.54. The Kier molecular flexibility index (Phi) is 3.65. The fraction of sp³-hybridized carbons (Fsp3) is 0.167. The van der Waals surface area contributed by atoms with Crippen LogP contribution in [0.1, 0.15) is 20.0 Å². The van der Waals surface area contributed by atoms with Crippen LogP contribution in [0.25, 0.3) is 0 Å². The van der Waals surface area contributed by atoms with E-state index in [9.17, 15) is 9.59 Å². The van der Waals surface area contributed by atoms with Gasteiger partial charge >= 0.3 is 0 Å². The van der Waals surface area contributed by atoms with Crippen LogP contribution >= 0.6 is 11.5 Å². The van der Waals surface area contributed by atoms with Crippen molar-refractivity contribution in [3.8, 4) is 11.5 Å². The Morgan fingerprint density at radius 3 is 2.62 bits per heavy atom. The Bertz CT molecular complexity index is 674. The number of benzene rings is 1. The normalized spacial score (nSPS) is 12.6. The average molecular weight is 306 g/mol. The summed E-state index contributed by atoms with van der Waals surface area (Å²) < 4.78 is 14.3. The predicted molar refractivity (Wildman–Crippen MR) is 72.3 cm³/mol. The molecule has 0 radical (unpaired) electrons. The van der Waals surface area contributed by atoms with Crippen molar-refractivity contribution < 1.29 is 19.1 Å². The molecule has 8 nitrogen and oxygen atoms in total. The lowest BCUT2D eigenvalue weighted by Gasteiger charge is -2.18. The molecule has 1 aliphatic heterocycles. The van der Waals surface area contributed by atoms with Crippen molar-refractivity contribution in [1.82, 2.24) is 20.4 Å². The first-order valence-electron chi connectivity index (χ1n) is 6.02. The Balaban J connectivity index is 1.64. The van der Waals surface area contributed by atoms with Gasteiger partial charge in [-0.2, -0.15) is 0 Å². The zero-order valence-electron chi connectivity index (χ0n) is 10.7. The van der Waals surface area contributed by atoms with Gasteiger partial charge in [0.2, 0.25) is 0 Å². The van der Waals surface area contributed by atoms with Crippen molar-refractivity contribution in [2.75, 3.05) is 13.2 Å². The number of rotatable bonds is 2. The third-order valence-electron chi connectivity index (χ3n) is 2.68. The molecule has 9 heteroatoms. The first-order valence-corrected chi connectivity index (χ1v) is 6.79. The minimum Gasteiger partial charge on any atom is -0.486 e. The lowest BCUT2D eigenvalue weighted by Crippen LogP contribution is -2.41. The minimum atomic E-state index is -0.476. The lowest BCUT2D eigenvalue weighted by atomic mass is 10.2. The fourth-order valence-corrected chi connectivity index (χ4v) is 2.11. The summed E-state index contributed by atoms with van der Waals surface area (Å²) >= 11 is 0.936. The molecule has 1 aromatic carbocycles. The van der Waals surface area contributed by atoms with Gasteiger partial charge in [-0.25, -0.2) is 0 Å². The molecule has 0 atom stereocenters. The quantitative estimate of drug-likeness (QED) is 0.778. The third kappa shape index (κ3) is 2.92. The summed E-state index contributed by atoms with van der Waals surface area (Å²) in [4.78, 5) is 23.9. The van der Waals surface area contributed by atoms with Crippen LogP contribution in [0.3, 0.4) is 0 Å². The number of amides is 2. The van der Waals surface area contributed by atoms with Crippen LogP contribution in [0.4, 0.5) is 0 Å². The van der Waals surface area contributed by atoms with Gasteiger partial charge in [0.15, 0.2) is 11.5 Å². The molecular weight excluding hydrogens is 296 g/mol. The second kappa shape index (κ2) is 5.75. The van der Waals surface area contributed by atoms with Gasteiger partial charge in [0.25, 0.3) is 11.8 Å². The molecule has 2 heterocycles. The van der Waals surface area contributed by atoms with Crippen LogP contribution in [0.2, 0.25) is 0 Å². The number of hydrazine groups is 1.